The summed E-state index contributed by atoms with van der Waals surface area (Å²) in [5.41, 5.74) is -2.06. The highest BCUT2D eigenvalue weighted by atomic mass is 127. The zero-order valence-corrected chi connectivity index (χ0v) is 10.7. The monoisotopic (exact) mass is 363 g/mol. The summed E-state index contributed by atoms with van der Waals surface area (Å²) in [6, 6.07) is 0.997. The number of hydrogen-bond donors (Lipinski definition) is 1. The number of alkyl halides is 3. The highest BCUT2D eigenvalue weighted by Gasteiger charge is 2.32. The summed E-state index contributed by atoms with van der Waals surface area (Å²) in [7, 11) is 1.08. The summed E-state index contributed by atoms with van der Waals surface area (Å²) in [4.78, 5) is 24.2. The molecule has 0 atom stereocenters. The molecule has 8 heteroatoms. The van der Waals surface area contributed by atoms with Crippen LogP contribution in [0.2, 0.25) is 0 Å². The molecule has 1 aromatic rings. The van der Waals surface area contributed by atoms with Crippen molar-refractivity contribution in [2.75, 3.05) is 7.11 Å². The maximum Gasteiger partial charge on any atom is 0.363 e. The van der Waals surface area contributed by atoms with Gasteiger partial charge in [-0.2, -0.15) is 8.78 Å². The first-order chi connectivity index (χ1) is 7.27. The van der Waals surface area contributed by atoms with Crippen LogP contribution in [0.3, 0.4) is 0 Å². The van der Waals surface area contributed by atoms with E-state index >= 15 is 0 Å². The van der Waals surface area contributed by atoms with Crippen LogP contribution >= 0.6 is 34.2 Å². The molecule has 0 saturated carbocycles. The first-order valence-corrected chi connectivity index (χ1v) is 5.31. The molecule has 0 aromatic carbocycles. The van der Waals surface area contributed by atoms with E-state index in [2.05, 4.69) is 4.74 Å². The van der Waals surface area contributed by atoms with Crippen LogP contribution in [0.1, 0.15) is 16.1 Å². The van der Waals surface area contributed by atoms with Gasteiger partial charge in [0.25, 0.3) is 5.56 Å². The van der Waals surface area contributed by atoms with Crippen LogP contribution in [0.4, 0.5) is 8.78 Å². The Hall–Kier alpha value is -0.700. The minimum absolute atomic E-state index is 0.0300. The number of halogens is 4. The molecule has 88 valence electrons. The van der Waals surface area contributed by atoms with Crippen LogP contribution in [0.25, 0.3) is 0 Å². The fourth-order valence-corrected chi connectivity index (χ4v) is 2.07. The Bertz CT molecular complexity index is 483. The number of aromatic nitrogens is 1. The van der Waals surface area contributed by atoms with Crippen LogP contribution in [-0.4, -0.2) is 18.1 Å². The van der Waals surface area contributed by atoms with Gasteiger partial charge in [0.2, 0.25) is 0 Å². The Morgan fingerprint density at radius 1 is 1.62 bits per heavy atom. The largest absolute Gasteiger partial charge is 0.465 e. The molecule has 1 aromatic heterocycles. The van der Waals surface area contributed by atoms with E-state index in [9.17, 15) is 18.4 Å². The number of aromatic amines is 1. The van der Waals surface area contributed by atoms with Crippen molar-refractivity contribution in [3.05, 3.63) is 31.2 Å². The molecule has 0 unspecified atom stereocenters. The first kappa shape index (κ1) is 13.4. The van der Waals surface area contributed by atoms with Gasteiger partial charge in [0.15, 0.2) is 0 Å². The van der Waals surface area contributed by atoms with E-state index in [1.54, 1.807) is 0 Å². The number of methoxy groups -OCH3 is 1. The molecule has 0 saturated heterocycles. The molecule has 4 nitrogen and oxygen atoms in total. The summed E-state index contributed by atoms with van der Waals surface area (Å²) < 4.78 is 29.9. The highest BCUT2D eigenvalue weighted by molar-refractivity contribution is 14.1. The average molecular weight is 363 g/mol. The lowest BCUT2D eigenvalue weighted by molar-refractivity contribution is 0.0596. The second-order valence-electron chi connectivity index (χ2n) is 2.72. The number of H-pyrrole nitrogens is 1. The van der Waals surface area contributed by atoms with Gasteiger partial charge in [0.1, 0.15) is 11.3 Å². The minimum atomic E-state index is -3.69. The van der Waals surface area contributed by atoms with Crippen molar-refractivity contribution in [1.82, 2.24) is 4.98 Å². The van der Waals surface area contributed by atoms with Gasteiger partial charge in [-0.05, 0) is 40.3 Å². The van der Waals surface area contributed by atoms with E-state index in [4.69, 9.17) is 11.6 Å². The van der Waals surface area contributed by atoms with E-state index in [0.717, 1.165) is 13.2 Å². The number of carbonyl (C=O) groups is 1. The number of esters is 1. The average Bonchev–Trinajstić information content (AvgIpc) is 2.18. The van der Waals surface area contributed by atoms with Gasteiger partial charge < -0.3 is 9.72 Å². The molecular weight excluding hydrogens is 358 g/mol. The van der Waals surface area contributed by atoms with Gasteiger partial charge in [-0.15, -0.1) is 0 Å². The molecule has 1 heterocycles. The molecule has 0 amide bonds. The molecule has 1 N–H and O–H groups in total. The van der Waals surface area contributed by atoms with Crippen LogP contribution in [0.15, 0.2) is 10.9 Å². The van der Waals surface area contributed by atoms with E-state index in [1.807, 2.05) is 4.98 Å². The second-order valence-corrected chi connectivity index (χ2v) is 4.36. The third kappa shape index (κ3) is 2.70. The van der Waals surface area contributed by atoms with E-state index in [0.29, 0.717) is 0 Å². The molecular formula is C8H5ClF2INO3. The molecule has 0 aliphatic carbocycles. The minimum Gasteiger partial charge on any atom is -0.465 e. The van der Waals surface area contributed by atoms with Crippen LogP contribution in [-0.2, 0) is 10.1 Å². The predicted molar refractivity (Wildman–Crippen MR) is 60.9 cm³/mol. The van der Waals surface area contributed by atoms with Crippen molar-refractivity contribution in [1.29, 1.82) is 0 Å². The van der Waals surface area contributed by atoms with Crippen LogP contribution in [0, 0.1) is 3.57 Å². The van der Waals surface area contributed by atoms with E-state index in [1.165, 1.54) is 22.6 Å². The normalized spacial score (nSPS) is 11.3. The molecule has 0 radical (unpaired) electrons. The lowest BCUT2D eigenvalue weighted by atomic mass is 10.2. The number of nitrogens with one attached hydrogen (secondary N) is 1. The summed E-state index contributed by atoms with van der Waals surface area (Å²) >= 11 is 6.31. The molecule has 16 heavy (non-hydrogen) atoms. The highest BCUT2D eigenvalue weighted by Crippen LogP contribution is 2.33. The Morgan fingerprint density at radius 3 is 2.62 bits per heavy atom. The van der Waals surface area contributed by atoms with Crippen molar-refractivity contribution in [3.8, 4) is 0 Å². The molecule has 0 aliphatic heterocycles. The van der Waals surface area contributed by atoms with Crippen molar-refractivity contribution < 1.29 is 18.3 Å². The number of hydrogen-bond acceptors (Lipinski definition) is 3. The molecule has 0 bridgehead atoms. The van der Waals surface area contributed by atoms with E-state index < -0.39 is 22.6 Å². The molecule has 0 spiro atoms. The molecule has 1 rings (SSSR count). The smallest absolute Gasteiger partial charge is 0.363 e. The SMILES string of the molecule is COC(=O)c1cc(I)c(C(F)(F)Cl)[nH]c1=O. The number of pyridine rings is 1. The van der Waals surface area contributed by atoms with E-state index in [-0.39, 0.29) is 9.13 Å². The van der Waals surface area contributed by atoms with Gasteiger partial charge in [0.05, 0.1) is 7.11 Å². The Morgan fingerprint density at radius 2 is 2.19 bits per heavy atom. The standard InChI is InChI=1S/C8H5ClF2INO3/c1-16-7(15)3-2-4(12)5(8(9,10)11)13-6(3)14/h2H,1H3,(H,13,14). The lowest BCUT2D eigenvalue weighted by Crippen LogP contribution is -2.24. The third-order valence-corrected chi connectivity index (χ3v) is 2.72. The van der Waals surface area contributed by atoms with Crippen LogP contribution in [0.5, 0.6) is 0 Å². The number of ether oxygens (including phenoxy) is 1. The molecule has 0 aliphatic rings. The van der Waals surface area contributed by atoms with Crippen molar-refractivity contribution >= 4 is 40.2 Å². The van der Waals surface area contributed by atoms with Gasteiger partial charge >= 0.3 is 11.4 Å². The van der Waals surface area contributed by atoms with Gasteiger partial charge in [-0.3, -0.25) is 4.79 Å². The quantitative estimate of drug-likeness (QED) is 0.497. The first-order valence-electron chi connectivity index (χ1n) is 3.85. The van der Waals surface area contributed by atoms with Crippen molar-refractivity contribution in [3.63, 3.8) is 0 Å². The topological polar surface area (TPSA) is 59.2 Å². The Balaban J connectivity index is 3.40. The third-order valence-electron chi connectivity index (χ3n) is 1.68. The van der Waals surface area contributed by atoms with Gasteiger partial charge in [-0.25, -0.2) is 4.79 Å². The summed E-state index contributed by atoms with van der Waals surface area (Å²) in [5, 5.41) is -3.69. The fourth-order valence-electron chi connectivity index (χ4n) is 0.973. The Kier molecular flexibility index (Phi) is 3.89. The van der Waals surface area contributed by atoms with Crippen molar-refractivity contribution in [2.45, 2.75) is 5.38 Å². The maximum atomic E-state index is 12.8. The predicted octanol–water partition coefficient (Wildman–Crippen LogP) is 2.05. The summed E-state index contributed by atoms with van der Waals surface area (Å²) in [6.45, 7) is 0. The number of rotatable bonds is 2. The maximum absolute atomic E-state index is 12.8. The molecule has 0 fully saturated rings. The van der Waals surface area contributed by atoms with Gasteiger partial charge in [-0.1, -0.05) is 0 Å². The summed E-state index contributed by atoms with van der Waals surface area (Å²) in [6.07, 6.45) is 0. The van der Waals surface area contributed by atoms with Crippen LogP contribution < -0.4 is 5.56 Å². The zero-order chi connectivity index (χ0) is 12.5. The van der Waals surface area contributed by atoms with Crippen molar-refractivity contribution in [2.24, 2.45) is 0 Å². The summed E-state index contributed by atoms with van der Waals surface area (Å²) in [5.74, 6) is -0.899. The number of carbonyl (C=O) groups excluding carboxylic acids is 1. The van der Waals surface area contributed by atoms with Gasteiger partial charge in [0, 0.05) is 3.57 Å². The lowest BCUT2D eigenvalue weighted by Gasteiger charge is -2.10. The fraction of sp³-hybridized carbons (Fsp3) is 0.250. The zero-order valence-electron chi connectivity index (χ0n) is 7.81. The second kappa shape index (κ2) is 4.66. The Labute approximate surface area is 107 Å².